The van der Waals surface area contributed by atoms with Gasteiger partial charge in [-0.2, -0.15) is 5.26 Å². The Hall–Kier alpha value is -3.40. The van der Waals surface area contributed by atoms with Crippen LogP contribution in [-0.4, -0.2) is 11.8 Å². The number of hydrogen-bond acceptors (Lipinski definition) is 4. The molecule has 1 aliphatic carbocycles. The molecule has 0 heterocycles. The Kier molecular flexibility index (Phi) is 4.59. The zero-order chi connectivity index (χ0) is 18.7. The van der Waals surface area contributed by atoms with Crippen molar-refractivity contribution in [1.29, 1.82) is 5.26 Å². The van der Waals surface area contributed by atoms with Crippen molar-refractivity contribution in [2.24, 2.45) is 11.1 Å². The molecule has 2 aromatic rings. The monoisotopic (exact) mass is 352 g/mol. The number of primary amides is 1. The van der Waals surface area contributed by atoms with Gasteiger partial charge < -0.3 is 16.4 Å². The number of carbonyl (C=O) groups is 2. The van der Waals surface area contributed by atoms with E-state index in [1.54, 1.807) is 24.3 Å². The Bertz CT molecular complexity index is 899. The summed E-state index contributed by atoms with van der Waals surface area (Å²) in [5.74, 6) is -1.36. The summed E-state index contributed by atoms with van der Waals surface area (Å²) in [4.78, 5) is 23.4. The standard InChI is InChI=1S/C19H17FN4O2/c20-14-4-3-13(10-21)16(9-14)24-15-5-1-12(2-6-15)11-23-18(26)19(7-8-19)17(22)25/h1-6,9,24H,7-8,11H2,(H2,22,25)(H,23,26). The molecular weight excluding hydrogens is 335 g/mol. The Morgan fingerprint density at radius 2 is 1.88 bits per heavy atom. The molecule has 1 saturated carbocycles. The van der Waals surface area contributed by atoms with E-state index in [9.17, 15) is 14.0 Å². The fraction of sp³-hybridized carbons (Fsp3) is 0.211. The zero-order valence-electron chi connectivity index (χ0n) is 13.9. The van der Waals surface area contributed by atoms with E-state index in [0.717, 1.165) is 5.56 Å². The number of nitrogens with two attached hydrogens (primary N) is 1. The molecule has 0 unspecified atom stereocenters. The highest BCUT2D eigenvalue weighted by molar-refractivity contribution is 6.07. The molecule has 26 heavy (non-hydrogen) atoms. The maximum Gasteiger partial charge on any atom is 0.235 e. The maximum atomic E-state index is 13.4. The molecule has 1 fully saturated rings. The summed E-state index contributed by atoms with van der Waals surface area (Å²) < 4.78 is 13.4. The molecule has 0 atom stereocenters. The highest BCUT2D eigenvalue weighted by atomic mass is 19.1. The molecular formula is C19H17FN4O2. The van der Waals surface area contributed by atoms with Gasteiger partial charge in [-0.15, -0.1) is 0 Å². The highest BCUT2D eigenvalue weighted by Crippen LogP contribution is 2.45. The van der Waals surface area contributed by atoms with Gasteiger partial charge in [0.2, 0.25) is 11.8 Å². The maximum absolute atomic E-state index is 13.4. The van der Waals surface area contributed by atoms with Crippen LogP contribution in [0.1, 0.15) is 24.0 Å². The average molecular weight is 352 g/mol. The summed E-state index contributed by atoms with van der Waals surface area (Å²) in [5.41, 5.74) is 6.47. The molecule has 4 N–H and O–H groups in total. The Morgan fingerprint density at radius 3 is 2.46 bits per heavy atom. The van der Waals surface area contributed by atoms with Crippen molar-refractivity contribution in [3.05, 3.63) is 59.4 Å². The van der Waals surface area contributed by atoms with E-state index < -0.39 is 17.1 Å². The second-order valence-corrected chi connectivity index (χ2v) is 6.25. The molecule has 0 radical (unpaired) electrons. The van der Waals surface area contributed by atoms with Crippen LogP contribution < -0.4 is 16.4 Å². The summed E-state index contributed by atoms with van der Waals surface area (Å²) >= 11 is 0. The van der Waals surface area contributed by atoms with Crippen molar-refractivity contribution in [1.82, 2.24) is 5.32 Å². The van der Waals surface area contributed by atoms with Crippen LogP contribution in [0, 0.1) is 22.6 Å². The minimum Gasteiger partial charge on any atom is -0.369 e. The number of hydrogen-bond donors (Lipinski definition) is 3. The first kappa shape index (κ1) is 17.4. The van der Waals surface area contributed by atoms with Crippen LogP contribution in [0.25, 0.3) is 0 Å². The Balaban J connectivity index is 1.63. The van der Waals surface area contributed by atoms with Crippen LogP contribution in [-0.2, 0) is 16.1 Å². The van der Waals surface area contributed by atoms with Crippen LogP contribution in [0.3, 0.4) is 0 Å². The lowest BCUT2D eigenvalue weighted by Crippen LogP contribution is -2.40. The number of amides is 2. The Morgan fingerprint density at radius 1 is 1.19 bits per heavy atom. The molecule has 0 saturated heterocycles. The number of rotatable bonds is 6. The number of nitrogens with zero attached hydrogens (tertiary/aromatic N) is 1. The van der Waals surface area contributed by atoms with Gasteiger partial charge in [0.15, 0.2) is 0 Å². The summed E-state index contributed by atoms with van der Waals surface area (Å²) in [6, 6.07) is 13.0. The quantitative estimate of drug-likeness (QED) is 0.693. The first-order valence-corrected chi connectivity index (χ1v) is 8.08. The summed E-state index contributed by atoms with van der Waals surface area (Å²) in [7, 11) is 0. The minimum absolute atomic E-state index is 0.275. The van der Waals surface area contributed by atoms with Gasteiger partial charge in [0.1, 0.15) is 17.3 Å². The number of anilines is 2. The largest absolute Gasteiger partial charge is 0.369 e. The fourth-order valence-corrected chi connectivity index (χ4v) is 2.64. The van der Waals surface area contributed by atoms with E-state index in [1.165, 1.54) is 18.2 Å². The fourth-order valence-electron chi connectivity index (χ4n) is 2.64. The normalized spacial score (nSPS) is 14.2. The number of nitrogens with one attached hydrogen (secondary N) is 2. The zero-order valence-corrected chi connectivity index (χ0v) is 13.9. The third-order valence-electron chi connectivity index (χ3n) is 4.44. The molecule has 0 aromatic heterocycles. The van der Waals surface area contributed by atoms with Gasteiger partial charge in [-0.05, 0) is 48.7 Å². The van der Waals surface area contributed by atoms with E-state index >= 15 is 0 Å². The van der Waals surface area contributed by atoms with Crippen LogP contribution in [0.4, 0.5) is 15.8 Å². The predicted octanol–water partition coefficient (Wildman–Crippen LogP) is 2.32. The number of carbonyl (C=O) groups excluding carboxylic acids is 2. The van der Waals surface area contributed by atoms with E-state index in [2.05, 4.69) is 10.6 Å². The van der Waals surface area contributed by atoms with Crippen LogP contribution >= 0.6 is 0 Å². The Labute approximate surface area is 149 Å². The van der Waals surface area contributed by atoms with Crippen molar-refractivity contribution < 1.29 is 14.0 Å². The van der Waals surface area contributed by atoms with Crippen molar-refractivity contribution in [2.45, 2.75) is 19.4 Å². The molecule has 2 amide bonds. The molecule has 132 valence electrons. The second-order valence-electron chi connectivity index (χ2n) is 6.25. The van der Waals surface area contributed by atoms with E-state index in [1.807, 2.05) is 6.07 Å². The molecule has 1 aliphatic rings. The van der Waals surface area contributed by atoms with Crippen LogP contribution in [0.5, 0.6) is 0 Å². The van der Waals surface area contributed by atoms with Gasteiger partial charge in [0, 0.05) is 12.2 Å². The first-order chi connectivity index (χ1) is 12.4. The van der Waals surface area contributed by atoms with Gasteiger partial charge in [-0.25, -0.2) is 4.39 Å². The predicted molar refractivity (Wildman–Crippen MR) is 93.5 cm³/mol. The van der Waals surface area contributed by atoms with Gasteiger partial charge in [-0.1, -0.05) is 12.1 Å². The number of nitriles is 1. The van der Waals surface area contributed by atoms with Crippen molar-refractivity contribution >= 4 is 23.2 Å². The lowest BCUT2D eigenvalue weighted by molar-refractivity contribution is -0.135. The lowest BCUT2D eigenvalue weighted by atomic mass is 10.1. The molecule has 3 rings (SSSR count). The first-order valence-electron chi connectivity index (χ1n) is 8.08. The lowest BCUT2D eigenvalue weighted by Gasteiger charge is -2.12. The van der Waals surface area contributed by atoms with Crippen molar-refractivity contribution in [3.63, 3.8) is 0 Å². The van der Waals surface area contributed by atoms with Gasteiger partial charge in [-0.3, -0.25) is 9.59 Å². The van der Waals surface area contributed by atoms with Gasteiger partial charge in [0.05, 0.1) is 11.3 Å². The molecule has 0 spiro atoms. The summed E-state index contributed by atoms with van der Waals surface area (Å²) in [6.07, 6.45) is 0.984. The molecule has 0 bridgehead atoms. The SMILES string of the molecule is N#Cc1ccc(F)cc1Nc1ccc(CNC(=O)C2(C(N)=O)CC2)cc1. The van der Waals surface area contributed by atoms with Crippen LogP contribution in [0.2, 0.25) is 0 Å². The van der Waals surface area contributed by atoms with Crippen molar-refractivity contribution in [2.75, 3.05) is 5.32 Å². The number of benzene rings is 2. The minimum atomic E-state index is -1.04. The summed E-state index contributed by atoms with van der Waals surface area (Å²) in [6.45, 7) is 0.275. The van der Waals surface area contributed by atoms with E-state index in [0.29, 0.717) is 29.8 Å². The average Bonchev–Trinajstić information content (AvgIpc) is 3.43. The molecule has 6 nitrogen and oxygen atoms in total. The molecule has 2 aromatic carbocycles. The second kappa shape index (κ2) is 6.84. The van der Waals surface area contributed by atoms with Gasteiger partial charge in [0.25, 0.3) is 0 Å². The highest BCUT2D eigenvalue weighted by Gasteiger charge is 2.55. The molecule has 0 aliphatic heterocycles. The van der Waals surface area contributed by atoms with E-state index in [4.69, 9.17) is 11.0 Å². The topological polar surface area (TPSA) is 108 Å². The third-order valence-corrected chi connectivity index (χ3v) is 4.44. The van der Waals surface area contributed by atoms with Crippen molar-refractivity contribution in [3.8, 4) is 6.07 Å². The number of halogens is 1. The van der Waals surface area contributed by atoms with Gasteiger partial charge >= 0.3 is 0 Å². The molecule has 7 heteroatoms. The summed E-state index contributed by atoms with van der Waals surface area (Å²) in [5, 5.41) is 14.8. The van der Waals surface area contributed by atoms with Crippen LogP contribution in [0.15, 0.2) is 42.5 Å². The smallest absolute Gasteiger partial charge is 0.235 e. The van der Waals surface area contributed by atoms with E-state index in [-0.39, 0.29) is 12.5 Å². The third kappa shape index (κ3) is 3.49.